The number of aromatic nitrogens is 1. The molecule has 5 nitrogen and oxygen atoms in total. The van der Waals surface area contributed by atoms with Crippen LogP contribution in [0.25, 0.3) is 0 Å². The number of sulfone groups is 1. The summed E-state index contributed by atoms with van der Waals surface area (Å²) in [6.07, 6.45) is 6.53. The zero-order valence-electron chi connectivity index (χ0n) is 11.8. The fraction of sp³-hybridized carbons (Fsp3) is 0.750. The maximum Gasteiger partial charge on any atom is 0.182 e. The molecule has 1 aromatic rings. The zero-order chi connectivity index (χ0) is 14.5. The van der Waals surface area contributed by atoms with Crippen LogP contribution in [0, 0.1) is 0 Å². The monoisotopic (exact) mass is 305 g/mol. The molecular formula is C12H23N3O2S2. The first-order valence-electron chi connectivity index (χ1n) is 6.61. The van der Waals surface area contributed by atoms with E-state index in [1.54, 1.807) is 0 Å². The van der Waals surface area contributed by atoms with Crippen molar-refractivity contribution in [3.63, 3.8) is 0 Å². The molecule has 1 unspecified atom stereocenters. The summed E-state index contributed by atoms with van der Waals surface area (Å²) in [5.74, 6) is 0.0979. The summed E-state index contributed by atoms with van der Waals surface area (Å²) >= 11 is 1.13. The average Bonchev–Trinajstić information content (AvgIpc) is 2.67. The summed E-state index contributed by atoms with van der Waals surface area (Å²) in [5.41, 5.74) is 5.66. The van der Waals surface area contributed by atoms with Crippen LogP contribution >= 0.6 is 11.5 Å². The maximum absolute atomic E-state index is 11.7. The smallest absolute Gasteiger partial charge is 0.182 e. The first kappa shape index (κ1) is 16.2. The lowest BCUT2D eigenvalue weighted by Crippen LogP contribution is -2.19. The Hall–Kier alpha value is -0.820. The largest absolute Gasteiger partial charge is 0.382 e. The second-order valence-corrected chi connectivity index (χ2v) is 7.50. The molecule has 0 aliphatic carbocycles. The van der Waals surface area contributed by atoms with Gasteiger partial charge in [0, 0.05) is 12.3 Å². The summed E-state index contributed by atoms with van der Waals surface area (Å²) in [5, 5.41) is 3.89. The van der Waals surface area contributed by atoms with E-state index in [4.69, 9.17) is 5.73 Å². The maximum atomic E-state index is 11.7. The summed E-state index contributed by atoms with van der Waals surface area (Å²) in [6, 6.07) is 0.283. The van der Waals surface area contributed by atoms with Crippen molar-refractivity contribution in [1.29, 1.82) is 0 Å². The Bertz CT molecular complexity index is 497. The van der Waals surface area contributed by atoms with E-state index in [1.807, 2.05) is 0 Å². The van der Waals surface area contributed by atoms with Gasteiger partial charge in [-0.15, -0.1) is 0 Å². The van der Waals surface area contributed by atoms with E-state index in [0.29, 0.717) is 5.00 Å². The van der Waals surface area contributed by atoms with E-state index in [2.05, 4.69) is 23.5 Å². The van der Waals surface area contributed by atoms with Gasteiger partial charge in [0.1, 0.15) is 9.90 Å². The fourth-order valence-electron chi connectivity index (χ4n) is 2.02. The molecule has 0 fully saturated rings. The third kappa shape index (κ3) is 4.65. The van der Waals surface area contributed by atoms with E-state index in [0.717, 1.165) is 43.6 Å². The number of hydrogen-bond donors (Lipinski definition) is 2. The molecule has 110 valence electrons. The van der Waals surface area contributed by atoms with E-state index < -0.39 is 9.84 Å². The molecule has 0 aliphatic rings. The Morgan fingerprint density at radius 1 is 1.32 bits per heavy atom. The van der Waals surface area contributed by atoms with Crippen LogP contribution in [0.3, 0.4) is 0 Å². The summed E-state index contributed by atoms with van der Waals surface area (Å²) < 4.78 is 27.4. The van der Waals surface area contributed by atoms with Crippen molar-refractivity contribution in [3.8, 4) is 0 Å². The summed E-state index contributed by atoms with van der Waals surface area (Å²) in [7, 11) is -3.34. The van der Waals surface area contributed by atoms with Crippen molar-refractivity contribution in [3.05, 3.63) is 0 Å². The van der Waals surface area contributed by atoms with Crippen molar-refractivity contribution in [1.82, 2.24) is 4.37 Å². The molecule has 0 spiro atoms. The molecule has 1 aromatic heterocycles. The van der Waals surface area contributed by atoms with Gasteiger partial charge in [0.25, 0.3) is 0 Å². The number of rotatable bonds is 8. The van der Waals surface area contributed by atoms with Crippen molar-refractivity contribution in [2.45, 2.75) is 56.9 Å². The van der Waals surface area contributed by atoms with Crippen LogP contribution in [0.2, 0.25) is 0 Å². The summed E-state index contributed by atoms with van der Waals surface area (Å²) in [6.45, 7) is 4.27. The van der Waals surface area contributed by atoms with Gasteiger partial charge in [0.15, 0.2) is 15.7 Å². The fourth-order valence-corrected chi connectivity index (χ4v) is 4.15. The molecule has 0 aromatic carbocycles. The minimum atomic E-state index is -3.34. The molecular weight excluding hydrogens is 282 g/mol. The molecule has 0 amide bonds. The lowest BCUT2D eigenvalue weighted by Gasteiger charge is -2.18. The highest BCUT2D eigenvalue weighted by atomic mass is 32.2. The van der Waals surface area contributed by atoms with Crippen LogP contribution in [-0.2, 0) is 9.84 Å². The van der Waals surface area contributed by atoms with Gasteiger partial charge < -0.3 is 11.1 Å². The number of nitrogens with zero attached hydrogens (tertiary/aromatic N) is 1. The standard InChI is InChI=1S/C12H23N3O2S2/c1-4-6-8-9(7-5-2)14-12-10(19(3,16)17)11(13)15-18-12/h9,14H,4-8H2,1-3H3,(H2,13,15). The Kier molecular flexibility index (Phi) is 6.06. The third-order valence-corrected chi connectivity index (χ3v) is 5.00. The number of nitrogens with one attached hydrogen (secondary N) is 1. The number of anilines is 2. The van der Waals surface area contributed by atoms with Crippen LogP contribution in [0.15, 0.2) is 4.90 Å². The van der Waals surface area contributed by atoms with Crippen LogP contribution in [0.1, 0.15) is 46.0 Å². The molecule has 0 saturated heterocycles. The number of nitrogen functional groups attached to an aromatic ring is 1. The number of unbranched alkanes of at least 4 members (excludes halogenated alkanes) is 1. The highest BCUT2D eigenvalue weighted by Gasteiger charge is 2.22. The van der Waals surface area contributed by atoms with Crippen LogP contribution < -0.4 is 11.1 Å². The predicted molar refractivity (Wildman–Crippen MR) is 81.5 cm³/mol. The van der Waals surface area contributed by atoms with Gasteiger partial charge in [-0.2, -0.15) is 4.37 Å². The molecule has 0 saturated carbocycles. The quantitative estimate of drug-likeness (QED) is 0.771. The highest BCUT2D eigenvalue weighted by Crippen LogP contribution is 2.32. The topological polar surface area (TPSA) is 85.1 Å². The van der Waals surface area contributed by atoms with Gasteiger partial charge in [-0.25, -0.2) is 8.42 Å². The third-order valence-electron chi connectivity index (χ3n) is 2.92. The Morgan fingerprint density at radius 2 is 2.00 bits per heavy atom. The molecule has 0 aliphatic heterocycles. The molecule has 0 bridgehead atoms. The normalized spacial score (nSPS) is 13.4. The molecule has 7 heteroatoms. The van der Waals surface area contributed by atoms with Gasteiger partial charge in [-0.3, -0.25) is 0 Å². The van der Waals surface area contributed by atoms with Gasteiger partial charge in [0.05, 0.1) is 0 Å². The number of hydrogen-bond acceptors (Lipinski definition) is 6. The average molecular weight is 305 g/mol. The minimum absolute atomic E-state index is 0.0979. The van der Waals surface area contributed by atoms with E-state index in [1.165, 1.54) is 6.26 Å². The first-order chi connectivity index (χ1) is 8.90. The molecule has 19 heavy (non-hydrogen) atoms. The van der Waals surface area contributed by atoms with Gasteiger partial charge in [-0.05, 0) is 24.4 Å². The van der Waals surface area contributed by atoms with E-state index in [9.17, 15) is 8.42 Å². The van der Waals surface area contributed by atoms with Gasteiger partial charge in [0.2, 0.25) is 0 Å². The lowest BCUT2D eigenvalue weighted by molar-refractivity contribution is 0.564. The van der Waals surface area contributed by atoms with Crippen LogP contribution in [0.4, 0.5) is 10.8 Å². The second-order valence-electron chi connectivity index (χ2n) is 4.77. The second kappa shape index (κ2) is 7.09. The van der Waals surface area contributed by atoms with Crippen LogP contribution in [-0.4, -0.2) is 25.1 Å². The van der Waals surface area contributed by atoms with Crippen molar-refractivity contribution < 1.29 is 8.42 Å². The minimum Gasteiger partial charge on any atom is -0.382 e. The molecule has 0 radical (unpaired) electrons. The molecule has 1 heterocycles. The molecule has 1 rings (SSSR count). The SMILES string of the molecule is CCCCC(CCC)Nc1snc(N)c1S(C)(=O)=O. The van der Waals surface area contributed by atoms with Gasteiger partial charge >= 0.3 is 0 Å². The predicted octanol–water partition coefficient (Wildman–Crippen LogP) is 2.90. The first-order valence-corrected chi connectivity index (χ1v) is 9.28. The lowest BCUT2D eigenvalue weighted by atomic mass is 10.1. The Morgan fingerprint density at radius 3 is 2.53 bits per heavy atom. The Labute approximate surface area is 119 Å². The summed E-state index contributed by atoms with van der Waals surface area (Å²) in [4.78, 5) is 0.148. The van der Waals surface area contributed by atoms with E-state index in [-0.39, 0.29) is 16.8 Å². The molecule has 1 atom stereocenters. The zero-order valence-corrected chi connectivity index (χ0v) is 13.4. The Balaban J connectivity index is 2.91. The van der Waals surface area contributed by atoms with E-state index >= 15 is 0 Å². The highest BCUT2D eigenvalue weighted by molar-refractivity contribution is 7.91. The van der Waals surface area contributed by atoms with Crippen molar-refractivity contribution >= 4 is 32.2 Å². The molecule has 3 N–H and O–H groups in total. The van der Waals surface area contributed by atoms with Crippen molar-refractivity contribution in [2.75, 3.05) is 17.3 Å². The van der Waals surface area contributed by atoms with Gasteiger partial charge in [-0.1, -0.05) is 33.1 Å². The van der Waals surface area contributed by atoms with Crippen molar-refractivity contribution in [2.24, 2.45) is 0 Å². The van der Waals surface area contributed by atoms with Crippen LogP contribution in [0.5, 0.6) is 0 Å². The number of nitrogens with two attached hydrogens (primary N) is 1.